The molecule has 1 aromatic rings. The number of hydrogen-bond donors (Lipinski definition) is 0. The second-order valence-corrected chi connectivity index (χ2v) is 6.80. The van der Waals surface area contributed by atoms with Crippen LogP contribution in [0.3, 0.4) is 0 Å². The average molecular weight is 304 g/mol. The molecule has 1 unspecified atom stereocenters. The van der Waals surface area contributed by atoms with Crippen LogP contribution in [0, 0.1) is 5.41 Å². The topological polar surface area (TPSA) is 58.4 Å². The molecule has 0 aromatic carbocycles. The third kappa shape index (κ3) is 2.40. The van der Waals surface area contributed by atoms with E-state index in [0.29, 0.717) is 25.3 Å². The third-order valence-corrected chi connectivity index (χ3v) is 4.96. The van der Waals surface area contributed by atoms with Gasteiger partial charge < -0.3 is 14.4 Å². The molecule has 6 heteroatoms. The first kappa shape index (κ1) is 15.1. The van der Waals surface area contributed by atoms with Gasteiger partial charge in [-0.15, -0.1) is 0 Å². The van der Waals surface area contributed by atoms with Gasteiger partial charge in [0.1, 0.15) is 5.41 Å². The van der Waals surface area contributed by atoms with Crippen LogP contribution in [0.2, 0.25) is 0 Å². The van der Waals surface area contributed by atoms with Crippen molar-refractivity contribution < 1.29 is 9.59 Å². The van der Waals surface area contributed by atoms with Crippen LogP contribution in [0.25, 0.3) is 0 Å². The Morgan fingerprint density at radius 1 is 1.36 bits per heavy atom. The molecule has 2 heterocycles. The first-order chi connectivity index (χ1) is 10.5. The Morgan fingerprint density at radius 2 is 2.09 bits per heavy atom. The van der Waals surface area contributed by atoms with Gasteiger partial charge in [-0.2, -0.15) is 0 Å². The van der Waals surface area contributed by atoms with Crippen LogP contribution in [0.15, 0.2) is 12.5 Å². The number of carbonyl (C=O) groups is 2. The molecule has 1 aromatic heterocycles. The van der Waals surface area contributed by atoms with Gasteiger partial charge in [0.2, 0.25) is 11.8 Å². The molecule has 1 atom stereocenters. The Morgan fingerprint density at radius 3 is 2.64 bits per heavy atom. The molecule has 1 saturated carbocycles. The molecule has 0 bridgehead atoms. The lowest BCUT2D eigenvalue weighted by Crippen LogP contribution is -2.48. The third-order valence-electron chi connectivity index (χ3n) is 4.96. The van der Waals surface area contributed by atoms with Crippen molar-refractivity contribution in [2.75, 3.05) is 27.2 Å². The number of aromatic nitrogens is 2. The number of imidazole rings is 1. The maximum Gasteiger partial charge on any atom is 0.238 e. The smallest absolute Gasteiger partial charge is 0.238 e. The highest BCUT2D eigenvalue weighted by Crippen LogP contribution is 2.49. The predicted molar refractivity (Wildman–Crippen MR) is 82.1 cm³/mol. The predicted octanol–water partition coefficient (Wildman–Crippen LogP) is 0.994. The molecule has 1 aliphatic carbocycles. The van der Waals surface area contributed by atoms with Crippen molar-refractivity contribution in [3.05, 3.63) is 18.2 Å². The first-order valence-electron chi connectivity index (χ1n) is 7.93. The van der Waals surface area contributed by atoms with E-state index in [2.05, 4.69) is 4.98 Å². The van der Waals surface area contributed by atoms with Gasteiger partial charge in [0.05, 0.1) is 6.33 Å². The first-order valence-corrected chi connectivity index (χ1v) is 7.93. The van der Waals surface area contributed by atoms with E-state index < -0.39 is 5.41 Å². The molecular formula is C16H24N4O2. The minimum absolute atomic E-state index is 0.0260. The van der Waals surface area contributed by atoms with E-state index in [0.717, 1.165) is 19.4 Å². The van der Waals surface area contributed by atoms with Gasteiger partial charge in [0.15, 0.2) is 0 Å². The van der Waals surface area contributed by atoms with E-state index in [1.807, 2.05) is 22.7 Å². The van der Waals surface area contributed by atoms with Gasteiger partial charge >= 0.3 is 0 Å². The maximum absolute atomic E-state index is 12.9. The fourth-order valence-electron chi connectivity index (χ4n) is 3.54. The Kier molecular flexibility index (Phi) is 3.70. The van der Waals surface area contributed by atoms with Crippen molar-refractivity contribution in [3.63, 3.8) is 0 Å². The Labute approximate surface area is 131 Å². The number of carbonyl (C=O) groups excluding carboxylic acids is 2. The van der Waals surface area contributed by atoms with Gasteiger partial charge in [-0.3, -0.25) is 9.59 Å². The van der Waals surface area contributed by atoms with Crippen LogP contribution in [0.1, 0.15) is 37.3 Å². The molecule has 2 fully saturated rings. The van der Waals surface area contributed by atoms with E-state index in [1.165, 1.54) is 5.69 Å². The normalized spacial score (nSPS) is 23.2. The fourth-order valence-corrected chi connectivity index (χ4v) is 3.54. The summed E-state index contributed by atoms with van der Waals surface area (Å²) in [4.78, 5) is 32.8. The standard InChI is InChI=1S/C16H24N4O2/c1-18(2)14(21)16(6-7-16)15(22)20-8-4-5-12(10-20)13-9-17-11-19(13)3/h9,11-12H,4-8,10H2,1-3H3. The van der Waals surface area contributed by atoms with E-state index in [4.69, 9.17) is 0 Å². The number of hydrogen-bond acceptors (Lipinski definition) is 3. The summed E-state index contributed by atoms with van der Waals surface area (Å²) in [6.07, 6.45) is 7.11. The highest BCUT2D eigenvalue weighted by atomic mass is 16.2. The van der Waals surface area contributed by atoms with E-state index >= 15 is 0 Å². The van der Waals surface area contributed by atoms with E-state index in [-0.39, 0.29) is 11.8 Å². The van der Waals surface area contributed by atoms with Crippen molar-refractivity contribution in [2.24, 2.45) is 12.5 Å². The molecule has 3 rings (SSSR count). The largest absolute Gasteiger partial charge is 0.348 e. The zero-order valence-corrected chi connectivity index (χ0v) is 13.6. The van der Waals surface area contributed by atoms with Gasteiger partial charge in [0, 0.05) is 52.0 Å². The number of rotatable bonds is 3. The zero-order chi connectivity index (χ0) is 15.9. The summed E-state index contributed by atoms with van der Waals surface area (Å²) in [5.74, 6) is 0.300. The molecule has 0 radical (unpaired) electrons. The average Bonchev–Trinajstić information content (AvgIpc) is 3.21. The SMILES string of the molecule is CN(C)C(=O)C1(C(=O)N2CCCC(c3cncn3C)C2)CC1. The molecule has 0 spiro atoms. The van der Waals surface area contributed by atoms with Gasteiger partial charge in [-0.25, -0.2) is 4.98 Å². The molecule has 22 heavy (non-hydrogen) atoms. The van der Waals surface area contributed by atoms with Crippen molar-refractivity contribution in [3.8, 4) is 0 Å². The van der Waals surface area contributed by atoms with Gasteiger partial charge in [0.25, 0.3) is 0 Å². The van der Waals surface area contributed by atoms with Gasteiger partial charge in [-0.1, -0.05) is 0 Å². The van der Waals surface area contributed by atoms with Crippen molar-refractivity contribution in [1.82, 2.24) is 19.4 Å². The molecule has 6 nitrogen and oxygen atoms in total. The molecule has 2 aliphatic rings. The molecular weight excluding hydrogens is 280 g/mol. The lowest BCUT2D eigenvalue weighted by molar-refractivity contribution is -0.148. The highest BCUT2D eigenvalue weighted by Gasteiger charge is 2.58. The van der Waals surface area contributed by atoms with Crippen LogP contribution in [0.5, 0.6) is 0 Å². The van der Waals surface area contributed by atoms with E-state index in [9.17, 15) is 9.59 Å². The number of piperidine rings is 1. The van der Waals surface area contributed by atoms with Crippen molar-refractivity contribution >= 4 is 11.8 Å². The number of amides is 2. The lowest BCUT2D eigenvalue weighted by Gasteiger charge is -2.35. The van der Waals surface area contributed by atoms with Crippen LogP contribution in [-0.4, -0.2) is 58.4 Å². The Bertz CT molecular complexity index is 589. The van der Waals surface area contributed by atoms with Crippen molar-refractivity contribution in [2.45, 2.75) is 31.6 Å². The Hall–Kier alpha value is -1.85. The quantitative estimate of drug-likeness (QED) is 0.783. The van der Waals surface area contributed by atoms with Crippen LogP contribution in [-0.2, 0) is 16.6 Å². The van der Waals surface area contributed by atoms with Gasteiger partial charge in [-0.05, 0) is 25.7 Å². The minimum Gasteiger partial charge on any atom is -0.348 e. The van der Waals surface area contributed by atoms with Crippen LogP contribution < -0.4 is 0 Å². The summed E-state index contributed by atoms with van der Waals surface area (Å²) >= 11 is 0. The highest BCUT2D eigenvalue weighted by molar-refractivity contribution is 6.07. The summed E-state index contributed by atoms with van der Waals surface area (Å²) in [5.41, 5.74) is 0.402. The summed E-state index contributed by atoms with van der Waals surface area (Å²) in [7, 11) is 5.44. The van der Waals surface area contributed by atoms with Crippen LogP contribution >= 0.6 is 0 Å². The van der Waals surface area contributed by atoms with Crippen molar-refractivity contribution in [1.29, 1.82) is 0 Å². The summed E-state index contributed by atoms with van der Waals surface area (Å²) < 4.78 is 2.02. The zero-order valence-electron chi connectivity index (χ0n) is 13.6. The second kappa shape index (κ2) is 5.41. The summed E-state index contributed by atoms with van der Waals surface area (Å²) in [6.45, 7) is 1.45. The van der Waals surface area contributed by atoms with E-state index in [1.54, 1.807) is 25.3 Å². The fraction of sp³-hybridized carbons (Fsp3) is 0.688. The molecule has 120 valence electrons. The second-order valence-electron chi connectivity index (χ2n) is 6.80. The number of aryl methyl sites for hydroxylation is 1. The molecule has 1 aliphatic heterocycles. The lowest BCUT2D eigenvalue weighted by atomic mass is 9.93. The summed E-state index contributed by atoms with van der Waals surface area (Å²) in [5, 5.41) is 0. The summed E-state index contributed by atoms with van der Waals surface area (Å²) in [6, 6.07) is 0. The molecule has 1 saturated heterocycles. The van der Waals surface area contributed by atoms with Crippen LogP contribution in [0.4, 0.5) is 0 Å². The number of nitrogens with zero attached hydrogens (tertiary/aromatic N) is 4. The minimum atomic E-state index is -0.766. The molecule has 2 amide bonds. The monoisotopic (exact) mass is 304 g/mol. The molecule has 0 N–H and O–H groups in total. The maximum atomic E-state index is 12.9. The number of likely N-dealkylation sites (tertiary alicyclic amines) is 1. The Balaban J connectivity index is 1.74.